The van der Waals surface area contributed by atoms with E-state index in [4.69, 9.17) is 10.5 Å². The van der Waals surface area contributed by atoms with E-state index in [1.165, 1.54) is 17.0 Å². The van der Waals surface area contributed by atoms with E-state index in [2.05, 4.69) is 19.3 Å². The van der Waals surface area contributed by atoms with Crippen molar-refractivity contribution >= 4 is 38.3 Å². The van der Waals surface area contributed by atoms with Gasteiger partial charge in [0.2, 0.25) is 11.9 Å². The molecule has 2 aromatic rings. The first-order valence-electron chi connectivity index (χ1n) is 8.09. The van der Waals surface area contributed by atoms with E-state index < -0.39 is 51.1 Å². The first-order chi connectivity index (χ1) is 13.9. The van der Waals surface area contributed by atoms with Crippen LogP contribution in [0.2, 0.25) is 0 Å². The number of fused-ring (bicyclic) bond motifs is 1. The zero-order valence-corrected chi connectivity index (χ0v) is 16.5. The molecule has 17 heteroatoms. The largest absolute Gasteiger partial charge is 0.777 e. The van der Waals surface area contributed by atoms with E-state index in [9.17, 15) is 38.0 Å². The van der Waals surface area contributed by atoms with Crippen molar-refractivity contribution in [3.8, 4) is 0 Å². The van der Waals surface area contributed by atoms with Crippen molar-refractivity contribution in [2.75, 3.05) is 12.1 Å². The normalized spacial score (nSPS) is 23.8. The lowest BCUT2D eigenvalue weighted by Gasteiger charge is -2.34. The van der Waals surface area contributed by atoms with Crippen LogP contribution in [0.4, 0.5) is 10.3 Å². The zero-order chi connectivity index (χ0) is 22.3. The standard InChI is InChI=1S/C13H16FN5O9P2/c14-9(12(21)22)30(25,26)28-29(23,24)5-27-7-2-1-6(3-7)19-4-16-8-10(19)17-13(15)18-11(8)20/h1-2,4,6-7,9H,3,5H2,(H,21,22)(H,23,24)(H,25,26)(H3,15,17,18,20)/p-3/t6-,7+,9?/m1/s1. The number of aromatic amines is 1. The minimum Gasteiger partial charge on any atom is -0.777 e. The van der Waals surface area contributed by atoms with Gasteiger partial charge in [-0.3, -0.25) is 14.1 Å². The Morgan fingerprint density at radius 2 is 2.13 bits per heavy atom. The number of carboxylic acids is 1. The number of carbonyl (C=O) groups is 1. The number of hydrogen-bond donors (Lipinski definition) is 2. The summed E-state index contributed by atoms with van der Waals surface area (Å²) in [4.78, 5) is 55.3. The Bertz CT molecular complexity index is 1160. The molecule has 0 saturated heterocycles. The van der Waals surface area contributed by atoms with Gasteiger partial charge in [-0.2, -0.15) is 4.98 Å². The second kappa shape index (κ2) is 8.02. The summed E-state index contributed by atoms with van der Waals surface area (Å²) in [5.41, 5.74) is 5.21. The summed E-state index contributed by atoms with van der Waals surface area (Å²) < 4.78 is 46.3. The number of nitrogens with zero attached hydrogens (tertiary/aromatic N) is 3. The second-order valence-electron chi connectivity index (χ2n) is 6.18. The molecule has 5 atom stereocenters. The second-order valence-corrected chi connectivity index (χ2v) is 9.85. The quantitative estimate of drug-likeness (QED) is 0.311. The molecule has 0 saturated carbocycles. The molecule has 0 radical (unpaired) electrons. The summed E-state index contributed by atoms with van der Waals surface area (Å²) >= 11 is 0. The molecule has 30 heavy (non-hydrogen) atoms. The lowest BCUT2D eigenvalue weighted by molar-refractivity contribution is -0.311. The van der Waals surface area contributed by atoms with Gasteiger partial charge in [-0.1, -0.05) is 12.2 Å². The summed E-state index contributed by atoms with van der Waals surface area (Å²) in [5.74, 6) is -6.43. The van der Waals surface area contributed by atoms with Crippen molar-refractivity contribution in [2.24, 2.45) is 0 Å². The van der Waals surface area contributed by atoms with E-state index in [1.807, 2.05) is 0 Å². The lowest BCUT2D eigenvalue weighted by Crippen LogP contribution is -2.36. The van der Waals surface area contributed by atoms with E-state index in [1.54, 1.807) is 6.08 Å². The highest BCUT2D eigenvalue weighted by atomic mass is 31.3. The summed E-state index contributed by atoms with van der Waals surface area (Å²) in [6.45, 7) is 0. The van der Waals surface area contributed by atoms with Crippen LogP contribution in [-0.4, -0.2) is 43.9 Å². The molecule has 3 N–H and O–H groups in total. The smallest absolute Gasteiger partial charge is 0.280 e. The van der Waals surface area contributed by atoms with E-state index in [-0.39, 0.29) is 23.5 Å². The molecule has 1 aliphatic carbocycles. The molecule has 0 fully saturated rings. The van der Waals surface area contributed by atoms with E-state index in [0.29, 0.717) is 0 Å². The van der Waals surface area contributed by atoms with Crippen LogP contribution in [-0.2, 0) is 23.0 Å². The maximum atomic E-state index is 13.0. The van der Waals surface area contributed by atoms with Crippen molar-refractivity contribution in [3.05, 3.63) is 28.8 Å². The van der Waals surface area contributed by atoms with Crippen molar-refractivity contribution in [1.29, 1.82) is 0 Å². The third-order valence-corrected chi connectivity index (χ3v) is 7.12. The number of alkyl halides is 1. The summed E-state index contributed by atoms with van der Waals surface area (Å²) in [5, 5.41) is 10.3. The number of allylic oxidation sites excluding steroid dienone is 1. The number of rotatable bonds is 8. The van der Waals surface area contributed by atoms with Gasteiger partial charge in [-0.25, -0.2) is 9.37 Å². The molecule has 1 aliphatic rings. The molecule has 0 aliphatic heterocycles. The Morgan fingerprint density at radius 1 is 1.43 bits per heavy atom. The van der Waals surface area contributed by atoms with Gasteiger partial charge in [0.05, 0.1) is 24.4 Å². The molecule has 14 nitrogen and oxygen atoms in total. The topological polar surface area (TPSA) is 228 Å². The number of imidazole rings is 1. The van der Waals surface area contributed by atoms with Crippen molar-refractivity contribution < 1.29 is 42.3 Å². The third-order valence-electron chi connectivity index (χ3n) is 3.99. The number of halogens is 1. The molecule has 0 amide bonds. The Labute approximate surface area is 166 Å². The number of nitrogens with two attached hydrogens (primary N) is 1. The number of H-pyrrole nitrogens is 1. The van der Waals surface area contributed by atoms with Crippen LogP contribution < -0.4 is 26.2 Å². The van der Waals surface area contributed by atoms with Gasteiger partial charge in [0.1, 0.15) is 6.35 Å². The van der Waals surface area contributed by atoms with Crippen LogP contribution >= 0.6 is 15.2 Å². The van der Waals surface area contributed by atoms with Crippen LogP contribution in [0.5, 0.6) is 0 Å². The number of carbonyl (C=O) groups excluding carboxylic acids is 1. The van der Waals surface area contributed by atoms with Gasteiger partial charge in [0.25, 0.3) is 5.56 Å². The number of ether oxygens (including phenoxy) is 1. The Morgan fingerprint density at radius 3 is 2.80 bits per heavy atom. The van der Waals surface area contributed by atoms with Crippen molar-refractivity contribution in [3.63, 3.8) is 0 Å². The maximum Gasteiger partial charge on any atom is 0.280 e. The number of aromatic nitrogens is 4. The zero-order valence-electron chi connectivity index (χ0n) is 14.7. The molecular formula is C13H13FN5O9P2-3. The summed E-state index contributed by atoms with van der Waals surface area (Å²) in [6, 6.07) is -0.445. The van der Waals surface area contributed by atoms with E-state index in [0.717, 1.165) is 0 Å². The molecule has 2 heterocycles. The fourth-order valence-corrected chi connectivity index (χ4v) is 5.26. The maximum absolute atomic E-state index is 13.0. The average Bonchev–Trinajstić information content (AvgIpc) is 3.25. The highest BCUT2D eigenvalue weighted by molar-refractivity contribution is 7.65. The summed E-state index contributed by atoms with van der Waals surface area (Å²) in [6.07, 6.45) is 2.46. The predicted octanol–water partition coefficient (Wildman–Crippen LogP) is -2.29. The Kier molecular flexibility index (Phi) is 5.96. The van der Waals surface area contributed by atoms with Crippen LogP contribution in [0.1, 0.15) is 12.5 Å². The number of hydrogen-bond acceptors (Lipinski definition) is 12. The van der Waals surface area contributed by atoms with Crippen LogP contribution in [0.15, 0.2) is 23.3 Å². The van der Waals surface area contributed by atoms with Gasteiger partial charge >= 0.3 is 0 Å². The number of nitrogens with one attached hydrogen (secondary N) is 1. The lowest BCUT2D eigenvalue weighted by atomic mass is 10.2. The van der Waals surface area contributed by atoms with Gasteiger partial charge < -0.3 is 43.9 Å². The summed E-state index contributed by atoms with van der Waals surface area (Å²) in [7, 11) is -11.2. The number of aliphatic carboxylic acids is 1. The van der Waals surface area contributed by atoms with Crippen LogP contribution in [0.3, 0.4) is 0 Å². The van der Waals surface area contributed by atoms with Gasteiger partial charge in [0.15, 0.2) is 26.4 Å². The fraction of sp³-hybridized carbons (Fsp3) is 0.385. The SMILES string of the molecule is Nc1nc2c(ncn2[C@@H]2C=C[C@H](OCP(=O)([O-])OP(=O)([O-])C(F)C(=O)[O-])C2)c(=O)[nH]1. The molecule has 0 aromatic carbocycles. The molecule has 0 bridgehead atoms. The first-order valence-corrected chi connectivity index (χ1v) is 11.4. The third kappa shape index (κ3) is 4.67. The molecule has 3 unspecified atom stereocenters. The highest BCUT2D eigenvalue weighted by Gasteiger charge is 2.30. The van der Waals surface area contributed by atoms with E-state index >= 15 is 0 Å². The monoisotopic (exact) mass is 464 g/mol. The average molecular weight is 464 g/mol. The molecule has 164 valence electrons. The number of carboxylic acid groups (broad SMARTS) is 1. The highest BCUT2D eigenvalue weighted by Crippen LogP contribution is 2.57. The van der Waals surface area contributed by atoms with Gasteiger partial charge in [-0.15, -0.1) is 0 Å². The predicted molar refractivity (Wildman–Crippen MR) is 91.3 cm³/mol. The van der Waals surface area contributed by atoms with Gasteiger partial charge in [0, 0.05) is 6.42 Å². The Hall–Kier alpha value is -2.41. The minimum atomic E-state index is -5.93. The first kappa shape index (κ1) is 22.3. The molecular weight excluding hydrogens is 451 g/mol. The van der Waals surface area contributed by atoms with Crippen LogP contribution in [0, 0.1) is 0 Å². The number of anilines is 1. The fourth-order valence-electron chi connectivity index (χ4n) is 2.72. The molecule has 3 rings (SSSR count). The van der Waals surface area contributed by atoms with Crippen molar-refractivity contribution in [2.45, 2.75) is 24.5 Å². The van der Waals surface area contributed by atoms with Crippen LogP contribution in [0.25, 0.3) is 11.2 Å². The van der Waals surface area contributed by atoms with Gasteiger partial charge in [-0.05, 0) is 0 Å². The molecule has 2 aromatic heterocycles. The van der Waals surface area contributed by atoms with Crippen molar-refractivity contribution in [1.82, 2.24) is 19.5 Å². The minimum absolute atomic E-state index is 0.0410. The number of nitrogen functional groups attached to an aromatic ring is 1. The Balaban J connectivity index is 1.64. The molecule has 0 spiro atoms.